The predicted molar refractivity (Wildman–Crippen MR) is 111 cm³/mol. The zero-order valence-corrected chi connectivity index (χ0v) is 21.0. The molecule has 0 bridgehead atoms. The fraction of sp³-hybridized carbons (Fsp3) is 0.529. The molecular formula is C17H26CaN2O8S2. The van der Waals surface area contributed by atoms with Crippen molar-refractivity contribution >= 4 is 69.8 Å². The molecule has 2 unspecified atom stereocenters. The van der Waals surface area contributed by atoms with Gasteiger partial charge in [0.15, 0.2) is 0 Å². The largest absolute Gasteiger partial charge is 2.00 e. The van der Waals surface area contributed by atoms with Crippen LogP contribution in [0, 0.1) is 0 Å². The Morgan fingerprint density at radius 2 is 1.47 bits per heavy atom. The first kappa shape index (κ1) is 31.4. The molecule has 0 aliphatic carbocycles. The van der Waals surface area contributed by atoms with Crippen LogP contribution in [0.1, 0.15) is 38.7 Å². The minimum Gasteiger partial charge on any atom is -0.748 e. The van der Waals surface area contributed by atoms with Crippen LogP contribution < -0.4 is 10.6 Å². The molecule has 1 aromatic rings. The summed E-state index contributed by atoms with van der Waals surface area (Å²) in [5, 5.41) is 3.99. The third-order valence-electron chi connectivity index (χ3n) is 3.69. The molecule has 0 aromatic heterocycles. The zero-order valence-electron chi connectivity index (χ0n) is 17.2. The number of amides is 2. The molecule has 30 heavy (non-hydrogen) atoms. The predicted octanol–water partition coefficient (Wildman–Crippen LogP) is -0.483. The van der Waals surface area contributed by atoms with E-state index in [1.54, 1.807) is 30.3 Å². The van der Waals surface area contributed by atoms with E-state index in [1.165, 1.54) is 20.8 Å². The van der Waals surface area contributed by atoms with Gasteiger partial charge in [-0.05, 0) is 18.9 Å². The van der Waals surface area contributed by atoms with E-state index in [9.17, 15) is 35.5 Å². The van der Waals surface area contributed by atoms with E-state index in [2.05, 4.69) is 10.6 Å². The minimum atomic E-state index is -4.32. The third kappa shape index (κ3) is 17.0. The SMILES string of the molecule is CC(=O)NCC(CS(=O)(=O)[O-])c1ccccc1.CC(=O)NCCC(C)S(=O)(=O)[O-].[Ca+2]. The zero-order chi connectivity index (χ0) is 22.7. The maximum absolute atomic E-state index is 10.8. The molecule has 1 aromatic carbocycles. The van der Waals surface area contributed by atoms with E-state index < -0.39 is 37.2 Å². The first-order valence-corrected chi connectivity index (χ1v) is 11.7. The van der Waals surface area contributed by atoms with Crippen molar-refractivity contribution in [1.82, 2.24) is 10.6 Å². The monoisotopic (exact) mass is 490 g/mol. The number of benzene rings is 1. The Bertz CT molecular complexity index is 861. The number of hydrogen-bond acceptors (Lipinski definition) is 8. The normalized spacial score (nSPS) is 13.0. The van der Waals surface area contributed by atoms with Gasteiger partial charge in [-0.1, -0.05) is 30.3 Å². The van der Waals surface area contributed by atoms with Crippen LogP contribution in [-0.4, -0.2) is 99.6 Å². The summed E-state index contributed by atoms with van der Waals surface area (Å²) in [7, 11) is -8.52. The smallest absolute Gasteiger partial charge is 0.748 e. The van der Waals surface area contributed by atoms with Crippen molar-refractivity contribution in [3.63, 3.8) is 0 Å². The van der Waals surface area contributed by atoms with Gasteiger partial charge in [-0.2, -0.15) is 0 Å². The molecule has 13 heteroatoms. The Balaban J connectivity index is 0. The van der Waals surface area contributed by atoms with Crippen molar-refractivity contribution in [3.05, 3.63) is 35.9 Å². The molecule has 10 nitrogen and oxygen atoms in total. The van der Waals surface area contributed by atoms with Gasteiger partial charge >= 0.3 is 37.7 Å². The summed E-state index contributed by atoms with van der Waals surface area (Å²) in [6.45, 7) is 4.35. The molecule has 2 amide bonds. The average Bonchev–Trinajstić information content (AvgIpc) is 2.57. The van der Waals surface area contributed by atoms with Crippen LogP contribution in [0.4, 0.5) is 0 Å². The summed E-state index contributed by atoms with van der Waals surface area (Å²) in [5.41, 5.74) is 0.723. The number of carbonyl (C=O) groups is 2. The third-order valence-corrected chi connectivity index (χ3v) is 5.72. The van der Waals surface area contributed by atoms with E-state index in [-0.39, 0.29) is 69.1 Å². The van der Waals surface area contributed by atoms with E-state index in [1.807, 2.05) is 0 Å². The fourth-order valence-electron chi connectivity index (χ4n) is 2.11. The first-order chi connectivity index (χ1) is 13.2. The summed E-state index contributed by atoms with van der Waals surface area (Å²) in [6, 6.07) is 8.78. The van der Waals surface area contributed by atoms with Crippen LogP contribution in [0.25, 0.3) is 0 Å². The van der Waals surface area contributed by atoms with Gasteiger partial charge in [0.1, 0.15) is 0 Å². The second kappa shape index (κ2) is 15.1. The van der Waals surface area contributed by atoms with Crippen molar-refractivity contribution in [3.8, 4) is 0 Å². The number of hydrogen-bond donors (Lipinski definition) is 2. The number of nitrogens with one attached hydrogen (secondary N) is 2. The molecule has 0 saturated heterocycles. The molecule has 0 heterocycles. The molecule has 0 radical (unpaired) electrons. The van der Waals surface area contributed by atoms with Crippen LogP contribution in [0.2, 0.25) is 0 Å². The van der Waals surface area contributed by atoms with Crippen molar-refractivity contribution in [2.75, 3.05) is 18.8 Å². The van der Waals surface area contributed by atoms with Gasteiger partial charge in [-0.25, -0.2) is 16.8 Å². The van der Waals surface area contributed by atoms with Gasteiger partial charge < -0.3 is 19.7 Å². The van der Waals surface area contributed by atoms with Gasteiger partial charge in [-0.15, -0.1) is 0 Å². The molecule has 1 rings (SSSR count). The van der Waals surface area contributed by atoms with Gasteiger partial charge in [0.2, 0.25) is 11.8 Å². The average molecular weight is 491 g/mol. The van der Waals surface area contributed by atoms with Gasteiger partial charge in [0, 0.05) is 43.9 Å². The van der Waals surface area contributed by atoms with Gasteiger partial charge in [0.25, 0.3) is 0 Å². The molecule has 0 fully saturated rings. The first-order valence-electron chi connectivity index (χ1n) is 8.64. The van der Waals surface area contributed by atoms with E-state index in [0.29, 0.717) is 0 Å². The molecule has 0 spiro atoms. The number of rotatable bonds is 9. The van der Waals surface area contributed by atoms with Crippen molar-refractivity contribution in [2.45, 2.75) is 38.4 Å². The number of carbonyl (C=O) groups excluding carboxylic acids is 2. The van der Waals surface area contributed by atoms with Crippen LogP contribution >= 0.6 is 0 Å². The molecule has 0 aliphatic rings. The quantitative estimate of drug-likeness (QED) is 0.345. The topological polar surface area (TPSA) is 173 Å². The Kier molecular flexibility index (Phi) is 15.8. The van der Waals surface area contributed by atoms with Crippen molar-refractivity contribution < 1.29 is 35.5 Å². The summed E-state index contributed by atoms with van der Waals surface area (Å²) in [5.74, 6) is -1.51. The fourth-order valence-corrected chi connectivity index (χ4v) is 3.32. The molecular weight excluding hydrogens is 464 g/mol. The van der Waals surface area contributed by atoms with Crippen LogP contribution in [0.3, 0.4) is 0 Å². The molecule has 166 valence electrons. The van der Waals surface area contributed by atoms with Gasteiger partial charge in [-0.3, -0.25) is 9.59 Å². The van der Waals surface area contributed by atoms with Crippen LogP contribution in [0.5, 0.6) is 0 Å². The molecule has 0 saturated carbocycles. The second-order valence-corrected chi connectivity index (χ2v) is 9.58. The van der Waals surface area contributed by atoms with E-state index in [0.717, 1.165) is 5.56 Å². The maximum Gasteiger partial charge on any atom is 2.00 e. The van der Waals surface area contributed by atoms with Crippen molar-refractivity contribution in [1.29, 1.82) is 0 Å². The summed E-state index contributed by atoms with van der Waals surface area (Å²) < 4.78 is 63.4. The Morgan fingerprint density at radius 3 is 1.87 bits per heavy atom. The Labute approximate surface area is 207 Å². The van der Waals surface area contributed by atoms with Crippen LogP contribution in [-0.2, 0) is 29.8 Å². The molecule has 2 N–H and O–H groups in total. The maximum atomic E-state index is 10.8. The van der Waals surface area contributed by atoms with Crippen molar-refractivity contribution in [2.24, 2.45) is 0 Å². The summed E-state index contributed by atoms with van der Waals surface area (Å²) in [6.07, 6.45) is 0.158. The van der Waals surface area contributed by atoms with Crippen LogP contribution in [0.15, 0.2) is 30.3 Å². The standard InChI is InChI=1S/C11H15NO4S.C6H13NO4S.Ca/c1-9(13)12-7-11(8-17(14,15)16)10-5-3-2-4-6-10;1-5(12(9,10)11)3-4-7-6(2)8;/h2-6,11H,7-8H2,1H3,(H,12,13)(H,14,15,16);5H,3-4H2,1-2H3,(H,7,8)(H,9,10,11);/q;;+2/p-2. The second-order valence-electron chi connectivity index (χ2n) is 6.34. The van der Waals surface area contributed by atoms with Gasteiger partial charge in [0.05, 0.1) is 20.2 Å². The Hall–Kier alpha value is -0.760. The summed E-state index contributed by atoms with van der Waals surface area (Å²) >= 11 is 0. The molecule has 0 aliphatic heterocycles. The van der Waals surface area contributed by atoms with E-state index in [4.69, 9.17) is 0 Å². The summed E-state index contributed by atoms with van der Waals surface area (Å²) in [4.78, 5) is 21.1. The minimum absolute atomic E-state index is 0. The van der Waals surface area contributed by atoms with E-state index >= 15 is 0 Å². The molecule has 2 atom stereocenters. The Morgan fingerprint density at radius 1 is 0.967 bits per heavy atom.